The van der Waals surface area contributed by atoms with Crippen molar-refractivity contribution in [3.8, 4) is 17.0 Å². The first-order chi connectivity index (χ1) is 18.0. The van der Waals surface area contributed by atoms with Crippen LogP contribution in [0.25, 0.3) is 11.3 Å². The lowest BCUT2D eigenvalue weighted by molar-refractivity contribution is -0.127. The summed E-state index contributed by atoms with van der Waals surface area (Å²) in [6, 6.07) is 4.01. The number of ether oxygens (including phenoxy) is 4. The van der Waals surface area contributed by atoms with E-state index in [2.05, 4.69) is 0 Å². The van der Waals surface area contributed by atoms with Crippen LogP contribution >= 0.6 is 11.3 Å². The summed E-state index contributed by atoms with van der Waals surface area (Å²) >= 11 is 1.52. The number of nitrogens with zero attached hydrogens (tertiary/aromatic N) is 3. The summed E-state index contributed by atoms with van der Waals surface area (Å²) in [6.07, 6.45) is 4.29. The smallest absolute Gasteiger partial charge is 0.414 e. The molecular weight excluding hydrogens is 506 g/mol. The number of hydrogen-bond acceptors (Lipinski definition) is 8. The lowest BCUT2D eigenvalue weighted by atomic mass is 9.92. The van der Waals surface area contributed by atoms with Gasteiger partial charge in [-0.3, -0.25) is 4.90 Å². The summed E-state index contributed by atoms with van der Waals surface area (Å²) in [6.45, 7) is 8.37. The van der Waals surface area contributed by atoms with E-state index in [4.69, 9.17) is 23.9 Å². The molecule has 1 aromatic heterocycles. The fourth-order valence-electron chi connectivity index (χ4n) is 5.16. The Morgan fingerprint density at radius 2 is 1.84 bits per heavy atom. The maximum Gasteiger partial charge on any atom is 0.414 e. The van der Waals surface area contributed by atoms with Crippen molar-refractivity contribution in [1.82, 2.24) is 9.88 Å². The van der Waals surface area contributed by atoms with Crippen LogP contribution in [-0.2, 0) is 26.2 Å². The highest BCUT2D eigenvalue weighted by Crippen LogP contribution is 2.46. The monoisotopic (exact) mass is 543 g/mol. The SMILES string of the molecule is COC(=O)N1c2ccc(-c3csc(C4(OC)CN(C(=O)OC(C)(C)C)C4)n3)c(OC3CCC3)c2CCC1C. The molecule has 1 saturated heterocycles. The molecule has 1 aromatic carbocycles. The second kappa shape index (κ2) is 10.0. The first-order valence-corrected chi connectivity index (χ1v) is 14.1. The van der Waals surface area contributed by atoms with Crippen LogP contribution in [0.15, 0.2) is 17.5 Å². The van der Waals surface area contributed by atoms with Gasteiger partial charge in [-0.2, -0.15) is 0 Å². The van der Waals surface area contributed by atoms with Crippen LogP contribution in [0.3, 0.4) is 0 Å². The highest BCUT2D eigenvalue weighted by atomic mass is 32.1. The van der Waals surface area contributed by atoms with Gasteiger partial charge in [0.15, 0.2) is 5.60 Å². The zero-order chi connectivity index (χ0) is 27.2. The molecule has 0 bridgehead atoms. The average molecular weight is 544 g/mol. The summed E-state index contributed by atoms with van der Waals surface area (Å²) in [4.78, 5) is 33.5. The number of carbonyl (C=O) groups excluding carboxylic acids is 2. The molecule has 0 spiro atoms. The van der Waals surface area contributed by atoms with Crippen molar-refractivity contribution in [1.29, 1.82) is 0 Å². The molecule has 1 atom stereocenters. The van der Waals surface area contributed by atoms with Gasteiger partial charge < -0.3 is 23.8 Å². The molecular formula is C28H37N3O6S. The predicted octanol–water partition coefficient (Wildman–Crippen LogP) is 5.74. The lowest BCUT2D eigenvalue weighted by Gasteiger charge is -2.47. The Hall–Kier alpha value is -2.85. The number of hydrogen-bond donors (Lipinski definition) is 0. The van der Waals surface area contributed by atoms with E-state index in [1.165, 1.54) is 18.4 Å². The zero-order valence-corrected chi connectivity index (χ0v) is 23.9. The highest BCUT2D eigenvalue weighted by Gasteiger charge is 2.50. The summed E-state index contributed by atoms with van der Waals surface area (Å²) in [5.41, 5.74) is 2.35. The Balaban J connectivity index is 1.46. The first-order valence-electron chi connectivity index (χ1n) is 13.2. The number of benzene rings is 1. The Kier molecular flexibility index (Phi) is 7.06. The number of thiazole rings is 1. The van der Waals surface area contributed by atoms with E-state index in [0.29, 0.717) is 13.1 Å². The molecule has 1 aliphatic carbocycles. The minimum atomic E-state index is -0.667. The van der Waals surface area contributed by atoms with Crippen molar-refractivity contribution in [3.63, 3.8) is 0 Å². The van der Waals surface area contributed by atoms with Crippen LogP contribution in [0.5, 0.6) is 5.75 Å². The van der Waals surface area contributed by atoms with Crippen molar-refractivity contribution in [2.45, 2.75) is 83.1 Å². The number of amides is 2. The van der Waals surface area contributed by atoms with E-state index in [-0.39, 0.29) is 24.3 Å². The number of likely N-dealkylation sites (tertiary alicyclic amines) is 1. The Morgan fingerprint density at radius 1 is 1.11 bits per heavy atom. The molecule has 1 unspecified atom stereocenters. The number of carbonyl (C=O) groups is 2. The van der Waals surface area contributed by atoms with Crippen LogP contribution in [0.1, 0.15) is 63.9 Å². The van der Waals surface area contributed by atoms with Crippen LogP contribution < -0.4 is 9.64 Å². The van der Waals surface area contributed by atoms with Crippen molar-refractivity contribution in [3.05, 3.63) is 28.1 Å². The quantitative estimate of drug-likeness (QED) is 0.475. The molecule has 2 aliphatic heterocycles. The van der Waals surface area contributed by atoms with E-state index in [1.54, 1.807) is 16.9 Å². The molecule has 2 aromatic rings. The van der Waals surface area contributed by atoms with Gasteiger partial charge >= 0.3 is 12.2 Å². The highest BCUT2D eigenvalue weighted by molar-refractivity contribution is 7.10. The van der Waals surface area contributed by atoms with Gasteiger partial charge in [0.05, 0.1) is 37.7 Å². The fourth-order valence-corrected chi connectivity index (χ4v) is 6.14. The third-order valence-electron chi connectivity index (χ3n) is 7.56. The number of rotatable bonds is 5. The molecule has 38 heavy (non-hydrogen) atoms. The van der Waals surface area contributed by atoms with Gasteiger partial charge in [0.2, 0.25) is 0 Å². The molecule has 1 saturated carbocycles. The molecule has 206 valence electrons. The Labute approximate surface area is 228 Å². The molecule has 5 rings (SSSR count). The average Bonchev–Trinajstić information content (AvgIpc) is 3.29. The van der Waals surface area contributed by atoms with E-state index in [1.807, 2.05) is 45.2 Å². The van der Waals surface area contributed by atoms with Gasteiger partial charge in [0, 0.05) is 29.7 Å². The molecule has 9 nitrogen and oxygen atoms in total. The molecule has 2 amide bonds. The minimum absolute atomic E-state index is 0.0383. The van der Waals surface area contributed by atoms with Gasteiger partial charge in [0.25, 0.3) is 0 Å². The van der Waals surface area contributed by atoms with Gasteiger partial charge in [-0.25, -0.2) is 14.6 Å². The molecule has 10 heteroatoms. The first kappa shape index (κ1) is 26.7. The van der Waals surface area contributed by atoms with Gasteiger partial charge in [-0.15, -0.1) is 11.3 Å². The van der Waals surface area contributed by atoms with Crippen LogP contribution in [-0.4, -0.2) is 67.1 Å². The molecule has 3 heterocycles. The Morgan fingerprint density at radius 3 is 2.45 bits per heavy atom. The van der Waals surface area contributed by atoms with Crippen molar-refractivity contribution in [2.75, 3.05) is 32.2 Å². The number of methoxy groups -OCH3 is 2. The summed E-state index contributed by atoms with van der Waals surface area (Å²) in [7, 11) is 3.07. The largest absolute Gasteiger partial charge is 0.489 e. The lowest BCUT2D eigenvalue weighted by Crippen LogP contribution is -2.62. The normalized spacial score (nSPS) is 20.7. The van der Waals surface area contributed by atoms with Crippen LogP contribution in [0.2, 0.25) is 0 Å². The molecule has 3 aliphatic rings. The zero-order valence-electron chi connectivity index (χ0n) is 23.0. The summed E-state index contributed by atoms with van der Waals surface area (Å²) in [5.74, 6) is 0.806. The third kappa shape index (κ3) is 4.84. The summed E-state index contributed by atoms with van der Waals surface area (Å²) in [5, 5.41) is 2.83. The number of aromatic nitrogens is 1. The van der Waals surface area contributed by atoms with E-state index >= 15 is 0 Å². The van der Waals surface area contributed by atoms with Crippen molar-refractivity contribution < 1.29 is 28.5 Å². The van der Waals surface area contributed by atoms with Crippen molar-refractivity contribution >= 4 is 29.2 Å². The molecule has 0 radical (unpaired) electrons. The molecule has 0 N–H and O–H groups in total. The van der Waals surface area contributed by atoms with E-state index < -0.39 is 11.2 Å². The van der Waals surface area contributed by atoms with Crippen molar-refractivity contribution in [2.24, 2.45) is 0 Å². The second-order valence-corrected chi connectivity index (χ2v) is 12.3. The summed E-state index contributed by atoms with van der Waals surface area (Å²) < 4.78 is 23.1. The maximum atomic E-state index is 12.6. The maximum absolute atomic E-state index is 12.6. The number of anilines is 1. The predicted molar refractivity (Wildman–Crippen MR) is 145 cm³/mol. The van der Waals surface area contributed by atoms with E-state index in [0.717, 1.165) is 65.4 Å². The van der Waals surface area contributed by atoms with Crippen LogP contribution in [0.4, 0.5) is 15.3 Å². The van der Waals surface area contributed by atoms with Crippen LogP contribution in [0, 0.1) is 0 Å². The fraction of sp³-hybridized carbons (Fsp3) is 0.607. The van der Waals surface area contributed by atoms with Gasteiger partial charge in [-0.1, -0.05) is 0 Å². The third-order valence-corrected chi connectivity index (χ3v) is 8.59. The van der Waals surface area contributed by atoms with E-state index in [9.17, 15) is 9.59 Å². The number of fused-ring (bicyclic) bond motifs is 1. The molecule has 2 fully saturated rings. The van der Waals surface area contributed by atoms with Gasteiger partial charge in [0.1, 0.15) is 16.4 Å². The standard InChI is InChI=1S/C28H37N3O6S/c1-17-10-11-20-22(31(17)26(33)34-5)13-12-19(23(20)36-18-8-7-9-18)21-14-38-24(29-21)28(35-6)15-30(16-28)25(32)37-27(2,3)4/h12-14,17-18H,7-11,15-16H2,1-6H3. The Bertz CT molecular complexity index is 1210. The topological polar surface area (TPSA) is 90.4 Å². The minimum Gasteiger partial charge on any atom is -0.489 e. The second-order valence-electron chi connectivity index (χ2n) is 11.4. The van der Waals surface area contributed by atoms with Gasteiger partial charge in [-0.05, 0) is 71.9 Å².